The van der Waals surface area contributed by atoms with E-state index >= 15 is 0 Å². The summed E-state index contributed by atoms with van der Waals surface area (Å²) >= 11 is 16.9. The number of benzene rings is 4. The van der Waals surface area contributed by atoms with Crippen LogP contribution >= 0.6 is 34.8 Å². The molecule has 18 nitrogen and oxygen atoms in total. The van der Waals surface area contributed by atoms with Gasteiger partial charge >= 0.3 is 16.2 Å². The van der Waals surface area contributed by atoms with Crippen molar-refractivity contribution in [2.45, 2.75) is 27.7 Å². The molecule has 0 bridgehead atoms. The van der Waals surface area contributed by atoms with E-state index in [0.29, 0.717) is 5.69 Å². The Balaban J connectivity index is 1.22. The van der Waals surface area contributed by atoms with Crippen LogP contribution in [0, 0.1) is 6.08 Å². The van der Waals surface area contributed by atoms with Gasteiger partial charge in [-0.3, -0.25) is 18.3 Å². The Labute approximate surface area is 325 Å². The van der Waals surface area contributed by atoms with Gasteiger partial charge in [0.2, 0.25) is 11.9 Å². The number of aromatic nitrogens is 4. The summed E-state index contributed by atoms with van der Waals surface area (Å²) in [5.41, 5.74) is -0.235. The summed E-state index contributed by atoms with van der Waals surface area (Å²) in [6, 6.07) is 9.87. The van der Waals surface area contributed by atoms with Gasteiger partial charge in [0.15, 0.2) is 32.6 Å². The van der Waals surface area contributed by atoms with Crippen LogP contribution in [-0.4, -0.2) is 67.2 Å². The largest absolute Gasteiger partial charge is 0.768 e. The first-order valence-electron chi connectivity index (χ1n) is 15.0. The number of nitrogens with one attached hydrogen (secondary N) is 3. The molecule has 1 aliphatic carbocycles. The standard InChI is InChI=1S/C30H20Cl3FN8O10S3/c1-11(36-29-40-28(34)41-30(42-29)37-12-2-4-13(5-3-12)53(43)44)10-35-17-9-8-16-23(27(17)55(48,49)50)52-25-19(33)20-24(18(32)21(25)39-16)51-22-15(38-20)7-6-14(31)26(22)54(45,46)47/h2-9,11,38H,10H2,1H3,(H,43,44)(H,45,46,47)(H,48,49,50)(H2,36,37,40,41,42)/p-1. The third-order valence-corrected chi connectivity index (χ3v) is 11.3. The topological polar surface area (TPSA) is 271 Å². The maximum absolute atomic E-state index is 14.3. The molecular weight excluding hydrogens is 854 g/mol. The van der Waals surface area contributed by atoms with Crippen LogP contribution in [0.3, 0.4) is 0 Å². The van der Waals surface area contributed by atoms with Crippen LogP contribution in [0.4, 0.5) is 33.3 Å². The number of ether oxygens (including phenoxy) is 1. The Morgan fingerprint density at radius 2 is 1.62 bits per heavy atom. The molecule has 3 heterocycles. The maximum Gasteiger partial charge on any atom is 0.315 e. The molecule has 0 spiro atoms. The SMILES string of the molecule is CC(CN=c1ccc2nc3c(Cl)c4c(c(Cl)c3oc-2c1S(=O)(=O)O)Nc1ccc(Cl)c(S(=O)(=O)O)c1O4)Nc1nc(F)nc(Nc2ccc(S(=O)[O-])cc2)n1. The van der Waals surface area contributed by atoms with Crippen molar-refractivity contribution >= 4 is 106 Å². The predicted molar refractivity (Wildman–Crippen MR) is 195 cm³/mol. The molecule has 0 amide bonds. The molecule has 3 aromatic carbocycles. The number of hydrogen-bond acceptors (Lipinski definition) is 16. The number of hydrogen-bond donors (Lipinski definition) is 5. The zero-order valence-electron chi connectivity index (χ0n) is 27.0. The summed E-state index contributed by atoms with van der Waals surface area (Å²) in [6.45, 7) is 1.41. The lowest BCUT2D eigenvalue weighted by Gasteiger charge is -2.26. The number of nitrogens with zero attached hydrogens (tertiary/aromatic N) is 5. The Kier molecular flexibility index (Phi) is 10.1. The summed E-state index contributed by atoms with van der Waals surface area (Å²) in [5, 5.41) is 7.29. The summed E-state index contributed by atoms with van der Waals surface area (Å²) in [5.74, 6) is -1.50. The molecule has 25 heteroatoms. The lowest BCUT2D eigenvalue weighted by molar-refractivity contribution is 0.449. The van der Waals surface area contributed by atoms with E-state index < -0.39 is 59.0 Å². The Morgan fingerprint density at radius 1 is 0.927 bits per heavy atom. The quantitative estimate of drug-likeness (QED) is 0.0637. The smallest absolute Gasteiger partial charge is 0.315 e. The summed E-state index contributed by atoms with van der Waals surface area (Å²) in [4.78, 5) is 18.5. The summed E-state index contributed by atoms with van der Waals surface area (Å²) in [6.07, 6.45) is -1.15. The van der Waals surface area contributed by atoms with Crippen LogP contribution < -0.4 is 26.0 Å². The average Bonchev–Trinajstić information content (AvgIpc) is 3.10. The predicted octanol–water partition coefficient (Wildman–Crippen LogP) is 5.94. The molecular formula is C30H19Cl3FN8O10S3-. The van der Waals surface area contributed by atoms with E-state index in [9.17, 15) is 39.1 Å². The number of rotatable bonds is 9. The van der Waals surface area contributed by atoms with Crippen molar-refractivity contribution in [1.82, 2.24) is 19.9 Å². The second kappa shape index (κ2) is 14.4. The molecule has 7 rings (SSSR count). The molecule has 4 aromatic rings. The van der Waals surface area contributed by atoms with Gasteiger partial charge in [-0.1, -0.05) is 34.8 Å². The van der Waals surface area contributed by atoms with E-state index in [0.717, 1.165) is 0 Å². The van der Waals surface area contributed by atoms with Gasteiger partial charge in [0.25, 0.3) is 10.1 Å². The van der Waals surface area contributed by atoms with Crippen molar-refractivity contribution in [1.29, 1.82) is 0 Å². The molecule has 55 heavy (non-hydrogen) atoms. The summed E-state index contributed by atoms with van der Waals surface area (Å²) < 4.78 is 118. The zero-order chi connectivity index (χ0) is 39.6. The second-order valence-electron chi connectivity index (χ2n) is 11.4. The number of anilines is 5. The molecule has 286 valence electrons. The second-order valence-corrected chi connectivity index (χ2v) is 16.3. The van der Waals surface area contributed by atoms with Crippen molar-refractivity contribution in [3.63, 3.8) is 0 Å². The van der Waals surface area contributed by atoms with Gasteiger partial charge < -0.3 is 29.7 Å². The minimum atomic E-state index is -5.07. The van der Waals surface area contributed by atoms with Crippen LogP contribution in [-0.2, 0) is 31.3 Å². The number of fused-ring (bicyclic) bond motifs is 4. The van der Waals surface area contributed by atoms with E-state index in [1.165, 1.54) is 48.5 Å². The van der Waals surface area contributed by atoms with Gasteiger partial charge in [0, 0.05) is 16.6 Å². The van der Waals surface area contributed by atoms with Gasteiger partial charge in [-0.05, 0) is 66.5 Å². The highest BCUT2D eigenvalue weighted by atomic mass is 35.5. The van der Waals surface area contributed by atoms with E-state index in [2.05, 4.69) is 40.9 Å². The van der Waals surface area contributed by atoms with Crippen LogP contribution in [0.15, 0.2) is 72.6 Å². The maximum atomic E-state index is 14.3. The van der Waals surface area contributed by atoms with Gasteiger partial charge in [-0.15, -0.1) is 0 Å². The highest BCUT2D eigenvalue weighted by molar-refractivity contribution is 7.86. The van der Waals surface area contributed by atoms with Gasteiger partial charge in [0.1, 0.15) is 26.9 Å². The van der Waals surface area contributed by atoms with E-state index in [1.807, 2.05) is 0 Å². The lowest BCUT2D eigenvalue weighted by atomic mass is 10.1. The Morgan fingerprint density at radius 3 is 2.29 bits per heavy atom. The highest BCUT2D eigenvalue weighted by Gasteiger charge is 2.34. The van der Waals surface area contributed by atoms with Gasteiger partial charge in [-0.2, -0.15) is 36.2 Å². The van der Waals surface area contributed by atoms with E-state index in [4.69, 9.17) is 44.0 Å². The van der Waals surface area contributed by atoms with E-state index in [-0.39, 0.29) is 83.4 Å². The molecule has 2 atom stereocenters. The van der Waals surface area contributed by atoms with Crippen molar-refractivity contribution < 1.29 is 48.2 Å². The highest BCUT2D eigenvalue weighted by Crippen LogP contribution is 2.55. The molecule has 2 aliphatic heterocycles. The fourth-order valence-corrected chi connectivity index (χ4v) is 8.12. The van der Waals surface area contributed by atoms with Crippen LogP contribution in [0.5, 0.6) is 11.5 Å². The lowest BCUT2D eigenvalue weighted by Crippen LogP contribution is -2.24. The molecule has 1 aromatic heterocycles. The van der Waals surface area contributed by atoms with Crippen molar-refractivity contribution in [2.24, 2.45) is 4.99 Å². The fraction of sp³-hybridized carbons (Fsp3) is 0.100. The first-order chi connectivity index (χ1) is 25.9. The first-order valence-corrected chi connectivity index (χ1v) is 20.1. The third kappa shape index (κ3) is 7.59. The summed E-state index contributed by atoms with van der Waals surface area (Å²) in [7, 11) is -9.95. The van der Waals surface area contributed by atoms with Crippen LogP contribution in [0.1, 0.15) is 6.92 Å². The van der Waals surface area contributed by atoms with Crippen molar-refractivity contribution in [2.75, 3.05) is 22.5 Å². The van der Waals surface area contributed by atoms with Crippen LogP contribution in [0.2, 0.25) is 15.1 Å². The molecule has 0 saturated carbocycles. The molecule has 0 radical (unpaired) electrons. The minimum Gasteiger partial charge on any atom is -0.768 e. The van der Waals surface area contributed by atoms with Gasteiger partial charge in [0.05, 0.1) is 22.6 Å². The fourth-order valence-electron chi connectivity index (χ4n) is 5.33. The third-order valence-electron chi connectivity index (χ3n) is 7.64. The van der Waals surface area contributed by atoms with Crippen molar-refractivity contribution in [3.8, 4) is 23.0 Å². The zero-order valence-corrected chi connectivity index (χ0v) is 31.8. The van der Waals surface area contributed by atoms with Gasteiger partial charge in [-0.25, -0.2) is 4.98 Å². The Bertz CT molecular complexity index is 2870. The first kappa shape index (κ1) is 38.5. The Hall–Kier alpha value is -4.78. The number of halogens is 4. The molecule has 0 saturated heterocycles. The monoisotopic (exact) mass is 871 g/mol. The minimum absolute atomic E-state index is 0.0108. The molecule has 2 unspecified atom stereocenters. The molecule has 3 aliphatic rings. The molecule has 0 fully saturated rings. The van der Waals surface area contributed by atoms with Crippen LogP contribution in [0.25, 0.3) is 22.6 Å². The average molecular weight is 873 g/mol. The molecule has 5 N–H and O–H groups in total. The van der Waals surface area contributed by atoms with E-state index in [1.54, 1.807) is 6.92 Å². The van der Waals surface area contributed by atoms with Crippen molar-refractivity contribution in [3.05, 3.63) is 75.0 Å². The normalized spacial score (nSPS) is 14.1.